The van der Waals surface area contributed by atoms with Crippen LogP contribution < -0.4 is 4.90 Å². The smallest absolute Gasteiger partial charge is 0.222 e. The predicted octanol–water partition coefficient (Wildman–Crippen LogP) is 1.58. The summed E-state index contributed by atoms with van der Waals surface area (Å²) < 4.78 is 1.87. The molecule has 1 amide bonds. The SMILES string of the molecule is CN(c1cccnn1)C1CCN(C(=O)CCCn2cccn2)CC1. The topological polar surface area (TPSA) is 67.2 Å². The Hall–Kier alpha value is -2.44. The predicted molar refractivity (Wildman–Crippen MR) is 91.5 cm³/mol. The average Bonchev–Trinajstić information content (AvgIpc) is 3.15. The van der Waals surface area contributed by atoms with Gasteiger partial charge in [0.1, 0.15) is 0 Å². The fourth-order valence-electron chi connectivity index (χ4n) is 3.15. The van der Waals surface area contributed by atoms with Crippen molar-refractivity contribution in [1.82, 2.24) is 24.9 Å². The molecule has 1 saturated heterocycles. The summed E-state index contributed by atoms with van der Waals surface area (Å²) in [5.74, 6) is 1.14. The van der Waals surface area contributed by atoms with Gasteiger partial charge in [0.2, 0.25) is 5.91 Å². The lowest BCUT2D eigenvalue weighted by Gasteiger charge is -2.37. The third-order valence-corrected chi connectivity index (χ3v) is 4.62. The summed E-state index contributed by atoms with van der Waals surface area (Å²) in [6, 6.07) is 6.19. The Bertz CT molecular complexity index is 622. The molecule has 0 saturated carbocycles. The first-order chi connectivity index (χ1) is 11.7. The Balaban J connectivity index is 1.42. The molecule has 1 aliphatic heterocycles. The number of likely N-dealkylation sites (tertiary alicyclic amines) is 1. The number of amides is 1. The van der Waals surface area contributed by atoms with E-state index in [-0.39, 0.29) is 5.91 Å². The van der Waals surface area contributed by atoms with Gasteiger partial charge >= 0.3 is 0 Å². The Morgan fingerprint density at radius 1 is 1.29 bits per heavy atom. The fraction of sp³-hybridized carbons (Fsp3) is 0.529. The number of hydrogen-bond donors (Lipinski definition) is 0. The Morgan fingerprint density at radius 2 is 2.12 bits per heavy atom. The second-order valence-corrected chi connectivity index (χ2v) is 6.18. The first-order valence-corrected chi connectivity index (χ1v) is 8.50. The molecule has 0 radical (unpaired) electrons. The highest BCUT2D eigenvalue weighted by atomic mass is 16.2. The normalized spacial score (nSPS) is 15.5. The monoisotopic (exact) mass is 328 g/mol. The minimum Gasteiger partial charge on any atom is -0.355 e. The largest absolute Gasteiger partial charge is 0.355 e. The van der Waals surface area contributed by atoms with Gasteiger partial charge in [0.05, 0.1) is 0 Å². The second kappa shape index (κ2) is 7.90. The van der Waals surface area contributed by atoms with E-state index in [1.807, 2.05) is 34.0 Å². The van der Waals surface area contributed by atoms with Gasteiger partial charge < -0.3 is 9.80 Å². The van der Waals surface area contributed by atoms with Gasteiger partial charge in [-0.2, -0.15) is 10.2 Å². The highest BCUT2D eigenvalue weighted by molar-refractivity contribution is 5.76. The molecule has 3 rings (SSSR count). The highest BCUT2D eigenvalue weighted by Crippen LogP contribution is 2.20. The molecule has 7 nitrogen and oxygen atoms in total. The molecule has 128 valence electrons. The summed E-state index contributed by atoms with van der Waals surface area (Å²) in [5.41, 5.74) is 0. The molecule has 0 N–H and O–H groups in total. The molecule has 0 atom stereocenters. The molecule has 0 aromatic carbocycles. The van der Waals surface area contributed by atoms with Crippen molar-refractivity contribution < 1.29 is 4.79 Å². The van der Waals surface area contributed by atoms with Gasteiger partial charge in [0.15, 0.2) is 5.82 Å². The van der Waals surface area contributed by atoms with Crippen molar-refractivity contribution in [2.75, 3.05) is 25.0 Å². The van der Waals surface area contributed by atoms with Crippen LogP contribution >= 0.6 is 0 Å². The van der Waals surface area contributed by atoms with E-state index in [1.165, 1.54) is 0 Å². The Morgan fingerprint density at radius 3 is 2.79 bits per heavy atom. The summed E-state index contributed by atoms with van der Waals surface area (Å²) in [4.78, 5) is 16.5. The Labute approximate surface area is 142 Å². The average molecular weight is 328 g/mol. The molecule has 0 aliphatic carbocycles. The van der Waals surface area contributed by atoms with Gasteiger partial charge in [-0.15, -0.1) is 5.10 Å². The van der Waals surface area contributed by atoms with Crippen LogP contribution in [0.2, 0.25) is 0 Å². The molecular weight excluding hydrogens is 304 g/mol. The van der Waals surface area contributed by atoms with E-state index >= 15 is 0 Å². The van der Waals surface area contributed by atoms with Crippen LogP contribution in [0, 0.1) is 0 Å². The third kappa shape index (κ3) is 4.10. The minimum atomic E-state index is 0.253. The first kappa shape index (κ1) is 16.4. The highest BCUT2D eigenvalue weighted by Gasteiger charge is 2.25. The molecule has 2 aromatic rings. The number of carbonyl (C=O) groups excluding carboxylic acids is 1. The molecule has 1 aliphatic rings. The zero-order chi connectivity index (χ0) is 16.8. The van der Waals surface area contributed by atoms with E-state index in [1.54, 1.807) is 12.4 Å². The first-order valence-electron chi connectivity index (χ1n) is 8.50. The zero-order valence-corrected chi connectivity index (χ0v) is 14.1. The van der Waals surface area contributed by atoms with Crippen molar-refractivity contribution >= 4 is 11.7 Å². The zero-order valence-electron chi connectivity index (χ0n) is 14.1. The van der Waals surface area contributed by atoms with Crippen molar-refractivity contribution in [2.24, 2.45) is 0 Å². The summed E-state index contributed by atoms with van der Waals surface area (Å²) in [6.45, 7) is 2.43. The lowest BCUT2D eigenvalue weighted by atomic mass is 10.0. The van der Waals surface area contributed by atoms with Crippen LogP contribution in [0.5, 0.6) is 0 Å². The van der Waals surface area contributed by atoms with Crippen molar-refractivity contribution in [1.29, 1.82) is 0 Å². The van der Waals surface area contributed by atoms with Gasteiger partial charge in [0, 0.05) is 57.7 Å². The van der Waals surface area contributed by atoms with Gasteiger partial charge in [-0.3, -0.25) is 9.48 Å². The summed E-state index contributed by atoms with van der Waals surface area (Å²) in [7, 11) is 2.05. The van der Waals surface area contributed by atoms with Crippen LogP contribution in [0.25, 0.3) is 0 Å². The number of rotatable bonds is 6. The number of carbonyl (C=O) groups is 1. The van der Waals surface area contributed by atoms with Gasteiger partial charge in [-0.1, -0.05) is 0 Å². The van der Waals surface area contributed by atoms with Crippen LogP contribution in [0.3, 0.4) is 0 Å². The van der Waals surface area contributed by atoms with Crippen molar-refractivity contribution in [2.45, 2.75) is 38.3 Å². The van der Waals surface area contributed by atoms with Crippen LogP contribution in [0.1, 0.15) is 25.7 Å². The third-order valence-electron chi connectivity index (χ3n) is 4.62. The molecule has 24 heavy (non-hydrogen) atoms. The standard InChI is InChI=1S/C17H24N6O/c1-21(16-5-2-9-18-20-16)15-7-13-22(14-8-15)17(24)6-3-11-23-12-4-10-19-23/h2,4-5,9-10,12,15H,3,6-8,11,13-14H2,1H3. The van der Waals surface area contributed by atoms with E-state index < -0.39 is 0 Å². The number of anilines is 1. The molecule has 0 bridgehead atoms. The summed E-state index contributed by atoms with van der Waals surface area (Å²) in [6.07, 6.45) is 8.74. The summed E-state index contributed by atoms with van der Waals surface area (Å²) in [5, 5.41) is 12.3. The van der Waals surface area contributed by atoms with Crippen molar-refractivity contribution in [3.63, 3.8) is 0 Å². The van der Waals surface area contributed by atoms with E-state index in [0.717, 1.165) is 44.7 Å². The lowest BCUT2D eigenvalue weighted by molar-refractivity contribution is -0.132. The molecule has 1 fully saturated rings. The second-order valence-electron chi connectivity index (χ2n) is 6.18. The fourth-order valence-corrected chi connectivity index (χ4v) is 3.15. The molecule has 3 heterocycles. The number of aryl methyl sites for hydroxylation is 1. The lowest BCUT2D eigenvalue weighted by Crippen LogP contribution is -2.45. The van der Waals surface area contributed by atoms with Crippen LogP contribution in [0.4, 0.5) is 5.82 Å². The Kier molecular flexibility index (Phi) is 5.40. The minimum absolute atomic E-state index is 0.253. The number of aromatic nitrogens is 4. The molecule has 2 aromatic heterocycles. The number of nitrogens with zero attached hydrogens (tertiary/aromatic N) is 6. The van der Waals surface area contributed by atoms with Crippen LogP contribution in [-0.2, 0) is 11.3 Å². The van der Waals surface area contributed by atoms with E-state index in [9.17, 15) is 4.79 Å². The van der Waals surface area contributed by atoms with E-state index in [2.05, 4.69) is 27.2 Å². The number of piperidine rings is 1. The van der Waals surface area contributed by atoms with Crippen molar-refractivity contribution in [3.05, 3.63) is 36.8 Å². The van der Waals surface area contributed by atoms with E-state index in [4.69, 9.17) is 0 Å². The maximum absolute atomic E-state index is 12.3. The van der Waals surface area contributed by atoms with Gasteiger partial charge in [0.25, 0.3) is 0 Å². The van der Waals surface area contributed by atoms with Crippen molar-refractivity contribution in [3.8, 4) is 0 Å². The van der Waals surface area contributed by atoms with Gasteiger partial charge in [-0.25, -0.2) is 0 Å². The van der Waals surface area contributed by atoms with Crippen LogP contribution in [-0.4, -0.2) is 57.0 Å². The quantitative estimate of drug-likeness (QED) is 0.805. The molecular formula is C17H24N6O. The summed E-state index contributed by atoms with van der Waals surface area (Å²) >= 11 is 0. The molecule has 0 unspecified atom stereocenters. The van der Waals surface area contributed by atoms with Crippen LogP contribution in [0.15, 0.2) is 36.8 Å². The maximum Gasteiger partial charge on any atom is 0.222 e. The molecule has 0 spiro atoms. The maximum atomic E-state index is 12.3. The van der Waals surface area contributed by atoms with E-state index in [0.29, 0.717) is 12.5 Å². The number of hydrogen-bond acceptors (Lipinski definition) is 5. The molecule has 7 heteroatoms. The van der Waals surface area contributed by atoms with Gasteiger partial charge in [-0.05, 0) is 37.5 Å².